The number of nitrogens with one attached hydrogen (secondary N) is 4. The van der Waals surface area contributed by atoms with Crippen LogP contribution in [0.2, 0.25) is 0 Å². The molecule has 0 saturated carbocycles. The van der Waals surface area contributed by atoms with Gasteiger partial charge in [0.25, 0.3) is 0 Å². The van der Waals surface area contributed by atoms with Crippen molar-refractivity contribution in [2.24, 2.45) is 17.6 Å². The monoisotopic (exact) mass is 796 g/mol. The molecule has 5 heterocycles. The lowest BCUT2D eigenvalue weighted by Gasteiger charge is -2.29. The average molecular weight is 797 g/mol. The Bertz CT molecular complexity index is 2590. The maximum absolute atomic E-state index is 14.3. The number of nitrogens with two attached hydrogens (primary N) is 1. The highest BCUT2D eigenvalue weighted by Gasteiger charge is 2.50. The van der Waals surface area contributed by atoms with E-state index in [1.807, 2.05) is 50.2 Å². The van der Waals surface area contributed by atoms with E-state index in [1.54, 1.807) is 18.2 Å². The highest BCUT2D eigenvalue weighted by Crippen LogP contribution is 2.44. The van der Waals surface area contributed by atoms with E-state index in [4.69, 9.17) is 25.2 Å². The van der Waals surface area contributed by atoms with Gasteiger partial charge < -0.3 is 40.5 Å². The number of carboxylic acid groups (broad SMARTS) is 1. The number of rotatable bonds is 11. The molecule has 2 amide bonds. The first-order valence-corrected chi connectivity index (χ1v) is 20.2. The van der Waals surface area contributed by atoms with Crippen molar-refractivity contribution in [3.63, 3.8) is 0 Å². The van der Waals surface area contributed by atoms with Crippen molar-refractivity contribution in [2.75, 3.05) is 26.8 Å². The van der Waals surface area contributed by atoms with E-state index < -0.39 is 23.7 Å². The van der Waals surface area contributed by atoms with Crippen molar-refractivity contribution in [3.8, 4) is 28.1 Å². The number of likely N-dealkylation sites (tertiary alicyclic amines) is 1. The van der Waals surface area contributed by atoms with Crippen molar-refractivity contribution >= 4 is 39.6 Å². The summed E-state index contributed by atoms with van der Waals surface area (Å²) in [7, 11) is 1.67. The Morgan fingerprint density at radius 2 is 1.90 bits per heavy atom. The minimum Gasteiger partial charge on any atom is -0.488 e. The molecule has 0 aliphatic carbocycles. The van der Waals surface area contributed by atoms with Crippen molar-refractivity contribution in [1.82, 2.24) is 35.5 Å². The van der Waals surface area contributed by atoms with Crippen molar-refractivity contribution in [2.45, 2.75) is 63.4 Å². The number of Topliss-reactive ketones (excluding diaryl/α,β-unsaturated/α-hetero) is 1. The molecule has 9 rings (SSSR count). The number of benzene rings is 4. The van der Waals surface area contributed by atoms with Gasteiger partial charge in [0.1, 0.15) is 35.6 Å². The number of ketones is 1. The largest absolute Gasteiger partial charge is 0.488 e. The molecule has 3 aliphatic rings. The molecule has 0 spiro atoms. The summed E-state index contributed by atoms with van der Waals surface area (Å²) in [5.74, 6) is 1.50. The van der Waals surface area contributed by atoms with E-state index in [1.165, 1.54) is 0 Å². The van der Waals surface area contributed by atoms with Gasteiger partial charge in [-0.05, 0) is 83.0 Å². The van der Waals surface area contributed by atoms with Crippen LogP contribution in [-0.4, -0.2) is 80.6 Å². The zero-order chi connectivity index (χ0) is 41.0. The van der Waals surface area contributed by atoms with Crippen LogP contribution < -0.4 is 21.1 Å². The molecule has 0 unspecified atom stereocenters. The second-order valence-corrected chi connectivity index (χ2v) is 16.4. The van der Waals surface area contributed by atoms with E-state index >= 15 is 0 Å². The van der Waals surface area contributed by atoms with Gasteiger partial charge in [0.2, 0.25) is 5.91 Å². The van der Waals surface area contributed by atoms with Gasteiger partial charge in [0.05, 0.1) is 41.6 Å². The maximum Gasteiger partial charge on any atom is 0.405 e. The SMILES string of the molecule is COC[C@@H]1CN[C@](C(=O)[C@H](N)c2ccccc2)(c2ncc(-c3ccc4c(c3)COc3cc5c(ccc6nc([C@@H]7CCCN7C(=O)[C@@H](NC(=O)O)C(C)C)[nH]c65)cc3-4)[nH]2)C1. The Balaban J connectivity index is 0.998. The van der Waals surface area contributed by atoms with Crippen LogP contribution in [0.1, 0.15) is 68.0 Å². The summed E-state index contributed by atoms with van der Waals surface area (Å²) in [6.45, 7) is 5.68. The van der Waals surface area contributed by atoms with Gasteiger partial charge in [-0.25, -0.2) is 14.8 Å². The van der Waals surface area contributed by atoms with Crippen LogP contribution in [0.25, 0.3) is 44.2 Å². The van der Waals surface area contributed by atoms with E-state index in [0.717, 1.165) is 73.9 Å². The van der Waals surface area contributed by atoms with Gasteiger partial charge in [-0.2, -0.15) is 0 Å². The average Bonchev–Trinajstić information content (AvgIpc) is 4.08. The van der Waals surface area contributed by atoms with Crippen LogP contribution in [-0.2, 0) is 26.5 Å². The van der Waals surface area contributed by atoms with Gasteiger partial charge >= 0.3 is 6.09 Å². The highest BCUT2D eigenvalue weighted by atomic mass is 16.5. The Morgan fingerprint density at radius 3 is 2.68 bits per heavy atom. The molecule has 3 aliphatic heterocycles. The Kier molecular flexibility index (Phi) is 9.94. The van der Waals surface area contributed by atoms with Gasteiger partial charge in [0.15, 0.2) is 5.78 Å². The predicted molar refractivity (Wildman–Crippen MR) is 222 cm³/mol. The summed E-state index contributed by atoms with van der Waals surface area (Å²) in [6.07, 6.45) is 2.59. The third-order valence-electron chi connectivity index (χ3n) is 12.3. The second kappa shape index (κ2) is 15.3. The first-order chi connectivity index (χ1) is 28.5. The predicted octanol–water partition coefficient (Wildman–Crippen LogP) is 6.34. The van der Waals surface area contributed by atoms with Gasteiger partial charge in [0, 0.05) is 31.1 Å². The van der Waals surface area contributed by atoms with Gasteiger partial charge in [-0.3, -0.25) is 14.9 Å². The number of amides is 2. The molecular weight excluding hydrogens is 749 g/mol. The zero-order valence-electron chi connectivity index (χ0n) is 33.2. The maximum atomic E-state index is 14.3. The van der Waals surface area contributed by atoms with Crippen molar-refractivity contribution in [3.05, 3.63) is 102 Å². The lowest BCUT2D eigenvalue weighted by molar-refractivity contribution is -0.135. The number of hydrogen-bond donors (Lipinski definition) is 6. The lowest BCUT2D eigenvalue weighted by atomic mass is 9.82. The normalized spacial score (nSPS) is 21.0. The summed E-state index contributed by atoms with van der Waals surface area (Å²) >= 11 is 0. The van der Waals surface area contributed by atoms with Crippen molar-refractivity contribution < 1.29 is 29.0 Å². The molecule has 7 N–H and O–H groups in total. The molecule has 2 saturated heterocycles. The topological polar surface area (TPSA) is 201 Å². The first-order valence-electron chi connectivity index (χ1n) is 20.2. The molecule has 6 aromatic rings. The molecule has 14 heteroatoms. The third kappa shape index (κ3) is 6.80. The number of nitrogens with zero attached hydrogens (tertiary/aromatic N) is 3. The molecule has 2 fully saturated rings. The van der Waals surface area contributed by atoms with Crippen molar-refractivity contribution in [1.29, 1.82) is 0 Å². The molecule has 0 bridgehead atoms. The van der Waals surface area contributed by atoms with E-state index in [-0.39, 0.29) is 29.6 Å². The number of H-pyrrole nitrogens is 2. The van der Waals surface area contributed by atoms with Crippen LogP contribution in [0.3, 0.4) is 0 Å². The Hall–Kier alpha value is -6.09. The lowest BCUT2D eigenvalue weighted by Crippen LogP contribution is -2.50. The molecule has 304 valence electrons. The molecule has 14 nitrogen and oxygen atoms in total. The molecule has 2 aromatic heterocycles. The summed E-state index contributed by atoms with van der Waals surface area (Å²) in [6, 6.07) is 22.0. The van der Waals surface area contributed by atoms with Crippen LogP contribution in [0.15, 0.2) is 79.0 Å². The summed E-state index contributed by atoms with van der Waals surface area (Å²) < 4.78 is 11.9. The van der Waals surface area contributed by atoms with Gasteiger partial charge in [-0.1, -0.05) is 62.4 Å². The van der Waals surface area contributed by atoms with E-state index in [2.05, 4.69) is 57.0 Å². The minimum absolute atomic E-state index is 0.115. The molecular formula is C45H48N8O6. The standard InChI is InChI=1S/C45H48N8O6/c1-24(2)38(52-44(56)57)42(55)53-15-7-10-35(53)41-49-33-14-12-27-17-32-30-13-11-28(16-29(30)23-59-36(32)18-31(27)39(33)51-41)34-21-47-43(50-34)45(19-25(20-48-45)22-58-3)40(54)37(46)26-8-5-4-6-9-26/h4-6,8-9,11-14,16-18,21,24-25,35,37-38,48,52H,7,10,15,19-20,22-23,46H2,1-3H3,(H,47,50)(H,49,51)(H,56,57)/t25-,35-,37+,38-,45+/m0/s1. The number of imidazole rings is 2. The molecule has 0 radical (unpaired) electrons. The quantitative estimate of drug-likeness (QED) is 0.0860. The number of hydrogen-bond acceptors (Lipinski definition) is 9. The van der Waals surface area contributed by atoms with Gasteiger partial charge in [-0.15, -0.1) is 0 Å². The Morgan fingerprint density at radius 1 is 1.07 bits per heavy atom. The van der Waals surface area contributed by atoms with E-state index in [0.29, 0.717) is 44.4 Å². The summed E-state index contributed by atoms with van der Waals surface area (Å²) in [5, 5.41) is 17.3. The number of ether oxygens (including phenoxy) is 2. The summed E-state index contributed by atoms with van der Waals surface area (Å²) in [5.41, 5.74) is 12.7. The number of aromatic nitrogens is 4. The number of aromatic amines is 2. The number of carbonyl (C=O) groups is 3. The summed E-state index contributed by atoms with van der Waals surface area (Å²) in [4.78, 5) is 57.9. The van der Waals surface area contributed by atoms with E-state index in [9.17, 15) is 19.5 Å². The fourth-order valence-corrected chi connectivity index (χ4v) is 9.27. The van der Waals surface area contributed by atoms with Crippen LogP contribution in [0.5, 0.6) is 5.75 Å². The third-order valence-corrected chi connectivity index (χ3v) is 12.3. The zero-order valence-corrected chi connectivity index (χ0v) is 33.2. The van der Waals surface area contributed by atoms with Crippen LogP contribution in [0, 0.1) is 11.8 Å². The smallest absolute Gasteiger partial charge is 0.405 e. The molecule has 4 aromatic carbocycles. The number of carbonyl (C=O) groups excluding carboxylic acids is 2. The van der Waals surface area contributed by atoms with Crippen LogP contribution >= 0.6 is 0 Å². The minimum atomic E-state index is -1.22. The number of fused-ring (bicyclic) bond motifs is 6. The molecule has 59 heavy (non-hydrogen) atoms. The highest BCUT2D eigenvalue weighted by molar-refractivity contribution is 6.07. The molecule has 5 atom stereocenters. The fraction of sp³-hybridized carbons (Fsp3) is 0.356. The fourth-order valence-electron chi connectivity index (χ4n) is 9.27. The first kappa shape index (κ1) is 38.4. The van der Waals surface area contributed by atoms with Crippen LogP contribution in [0.4, 0.5) is 4.79 Å². The number of methoxy groups -OCH3 is 1. The second-order valence-electron chi connectivity index (χ2n) is 16.4. The Labute approximate surface area is 340 Å².